The number of amides is 1. The zero-order valence-electron chi connectivity index (χ0n) is 10.5. The third-order valence-electron chi connectivity index (χ3n) is 2.84. The van der Waals surface area contributed by atoms with Gasteiger partial charge in [-0.1, -0.05) is 6.92 Å². The van der Waals surface area contributed by atoms with Crippen LogP contribution >= 0.6 is 0 Å². The van der Waals surface area contributed by atoms with Crippen LogP contribution in [-0.2, 0) is 4.79 Å². The van der Waals surface area contributed by atoms with Crippen LogP contribution in [0.2, 0.25) is 0 Å². The molecule has 6 heteroatoms. The topological polar surface area (TPSA) is 95.1 Å². The standard InChI is InChI=1S/C13H15N3O3/c1-8(4-12(17)18)6-14-13(19)9-2-3-11-10(5-9)7-15-16-11/h2-3,5,7-8H,4,6H2,1H3,(H,14,19)(H,15,16)(H,17,18). The number of aliphatic carboxylic acids is 1. The van der Waals surface area contributed by atoms with Gasteiger partial charge in [0.2, 0.25) is 0 Å². The lowest BCUT2D eigenvalue weighted by Crippen LogP contribution is -2.29. The molecule has 0 fully saturated rings. The Balaban J connectivity index is 1.97. The summed E-state index contributed by atoms with van der Waals surface area (Å²) in [6.45, 7) is 2.13. The van der Waals surface area contributed by atoms with Gasteiger partial charge in [-0.25, -0.2) is 0 Å². The molecule has 1 aromatic heterocycles. The highest BCUT2D eigenvalue weighted by Gasteiger charge is 2.11. The van der Waals surface area contributed by atoms with Crippen molar-refractivity contribution in [3.8, 4) is 0 Å². The fourth-order valence-corrected chi connectivity index (χ4v) is 1.82. The Morgan fingerprint density at radius 2 is 2.26 bits per heavy atom. The molecule has 0 spiro atoms. The lowest BCUT2D eigenvalue weighted by Gasteiger charge is -2.10. The second kappa shape index (κ2) is 5.51. The number of rotatable bonds is 5. The monoisotopic (exact) mass is 261 g/mol. The van der Waals surface area contributed by atoms with Gasteiger partial charge in [-0.05, 0) is 24.1 Å². The highest BCUT2D eigenvalue weighted by molar-refractivity contribution is 5.97. The predicted octanol–water partition coefficient (Wildman–Crippen LogP) is 1.40. The van der Waals surface area contributed by atoms with Crippen LogP contribution in [0.15, 0.2) is 24.4 Å². The van der Waals surface area contributed by atoms with E-state index in [0.29, 0.717) is 12.1 Å². The van der Waals surface area contributed by atoms with E-state index >= 15 is 0 Å². The van der Waals surface area contributed by atoms with E-state index in [2.05, 4.69) is 15.5 Å². The number of nitrogens with one attached hydrogen (secondary N) is 2. The molecule has 0 aliphatic rings. The first kappa shape index (κ1) is 13.1. The molecule has 6 nitrogen and oxygen atoms in total. The molecule has 2 rings (SSSR count). The van der Waals surface area contributed by atoms with Crippen molar-refractivity contribution in [2.24, 2.45) is 5.92 Å². The van der Waals surface area contributed by atoms with Gasteiger partial charge >= 0.3 is 5.97 Å². The van der Waals surface area contributed by atoms with Gasteiger partial charge < -0.3 is 10.4 Å². The van der Waals surface area contributed by atoms with Gasteiger partial charge in [-0.15, -0.1) is 0 Å². The van der Waals surface area contributed by atoms with Crippen molar-refractivity contribution >= 4 is 22.8 Å². The molecule has 1 atom stereocenters. The Hall–Kier alpha value is -2.37. The molecule has 0 aliphatic carbocycles. The molecule has 1 heterocycles. The zero-order valence-corrected chi connectivity index (χ0v) is 10.5. The number of fused-ring (bicyclic) bond motifs is 1. The quantitative estimate of drug-likeness (QED) is 0.758. The summed E-state index contributed by atoms with van der Waals surface area (Å²) in [5.74, 6) is -1.17. The van der Waals surface area contributed by atoms with Crippen LogP contribution in [0.4, 0.5) is 0 Å². The maximum absolute atomic E-state index is 11.9. The number of carboxylic acids is 1. The first-order valence-corrected chi connectivity index (χ1v) is 5.99. The number of carbonyl (C=O) groups excluding carboxylic acids is 1. The van der Waals surface area contributed by atoms with Crippen molar-refractivity contribution in [3.63, 3.8) is 0 Å². The van der Waals surface area contributed by atoms with Crippen LogP contribution in [0.25, 0.3) is 10.9 Å². The number of carboxylic acid groups (broad SMARTS) is 1. The highest BCUT2D eigenvalue weighted by atomic mass is 16.4. The second-order valence-corrected chi connectivity index (χ2v) is 4.59. The summed E-state index contributed by atoms with van der Waals surface area (Å²) in [5.41, 5.74) is 1.41. The normalized spacial score (nSPS) is 12.3. The number of benzene rings is 1. The van der Waals surface area contributed by atoms with E-state index in [1.807, 2.05) is 0 Å². The predicted molar refractivity (Wildman–Crippen MR) is 69.8 cm³/mol. The van der Waals surface area contributed by atoms with Crippen LogP contribution in [0.3, 0.4) is 0 Å². The van der Waals surface area contributed by atoms with Gasteiger partial charge in [0.25, 0.3) is 5.91 Å². The Morgan fingerprint density at radius 1 is 1.47 bits per heavy atom. The van der Waals surface area contributed by atoms with Crippen LogP contribution in [0.5, 0.6) is 0 Å². The van der Waals surface area contributed by atoms with Crippen LogP contribution in [0, 0.1) is 5.92 Å². The van der Waals surface area contributed by atoms with Crippen molar-refractivity contribution in [1.82, 2.24) is 15.5 Å². The Labute approximate surface area is 109 Å². The summed E-state index contributed by atoms with van der Waals surface area (Å²) < 4.78 is 0. The molecular weight excluding hydrogens is 246 g/mol. The zero-order chi connectivity index (χ0) is 13.8. The number of H-pyrrole nitrogens is 1. The van der Waals surface area contributed by atoms with Gasteiger partial charge in [-0.3, -0.25) is 14.7 Å². The van der Waals surface area contributed by atoms with Crippen molar-refractivity contribution < 1.29 is 14.7 Å². The Bertz CT molecular complexity index is 606. The van der Waals surface area contributed by atoms with Gasteiger partial charge in [-0.2, -0.15) is 5.10 Å². The molecule has 100 valence electrons. The SMILES string of the molecule is CC(CNC(=O)c1ccc2[nH]ncc2c1)CC(=O)O. The number of hydrogen-bond acceptors (Lipinski definition) is 3. The molecule has 19 heavy (non-hydrogen) atoms. The molecule has 0 bridgehead atoms. The summed E-state index contributed by atoms with van der Waals surface area (Å²) >= 11 is 0. The second-order valence-electron chi connectivity index (χ2n) is 4.59. The molecule has 0 aliphatic heterocycles. The minimum atomic E-state index is -0.860. The molecule has 0 radical (unpaired) electrons. The Morgan fingerprint density at radius 3 is 3.00 bits per heavy atom. The summed E-state index contributed by atoms with van der Waals surface area (Å²) in [5, 5.41) is 18.9. The molecule has 3 N–H and O–H groups in total. The summed E-state index contributed by atoms with van der Waals surface area (Å²) in [6.07, 6.45) is 1.69. The first-order chi connectivity index (χ1) is 9.06. The third kappa shape index (κ3) is 3.31. The molecule has 1 unspecified atom stereocenters. The number of hydrogen-bond donors (Lipinski definition) is 3. The lowest BCUT2D eigenvalue weighted by atomic mass is 10.1. The van der Waals surface area contributed by atoms with Gasteiger partial charge in [0, 0.05) is 23.9 Å². The van der Waals surface area contributed by atoms with Crippen molar-refractivity contribution in [2.75, 3.05) is 6.54 Å². The van der Waals surface area contributed by atoms with Gasteiger partial charge in [0.05, 0.1) is 11.7 Å². The number of aromatic nitrogens is 2. The molecule has 1 amide bonds. The van der Waals surface area contributed by atoms with E-state index in [1.54, 1.807) is 31.3 Å². The average molecular weight is 261 g/mol. The van der Waals surface area contributed by atoms with E-state index in [0.717, 1.165) is 10.9 Å². The third-order valence-corrected chi connectivity index (χ3v) is 2.84. The number of carbonyl (C=O) groups is 2. The summed E-state index contributed by atoms with van der Waals surface area (Å²) in [7, 11) is 0. The average Bonchev–Trinajstić information content (AvgIpc) is 2.82. The van der Waals surface area contributed by atoms with Crippen LogP contribution in [0.1, 0.15) is 23.7 Å². The summed E-state index contributed by atoms with van der Waals surface area (Å²) in [6, 6.07) is 5.24. The molecular formula is C13H15N3O3. The van der Waals surface area contributed by atoms with Crippen molar-refractivity contribution in [1.29, 1.82) is 0 Å². The van der Waals surface area contributed by atoms with E-state index < -0.39 is 5.97 Å². The number of aromatic amines is 1. The maximum atomic E-state index is 11.9. The van der Waals surface area contributed by atoms with Crippen LogP contribution in [-0.4, -0.2) is 33.7 Å². The summed E-state index contributed by atoms with van der Waals surface area (Å²) in [4.78, 5) is 22.4. The highest BCUT2D eigenvalue weighted by Crippen LogP contribution is 2.12. The Kier molecular flexibility index (Phi) is 3.79. The maximum Gasteiger partial charge on any atom is 0.303 e. The first-order valence-electron chi connectivity index (χ1n) is 5.99. The molecule has 0 saturated heterocycles. The fraction of sp³-hybridized carbons (Fsp3) is 0.308. The van der Waals surface area contributed by atoms with E-state index in [-0.39, 0.29) is 18.2 Å². The van der Waals surface area contributed by atoms with Crippen molar-refractivity contribution in [3.05, 3.63) is 30.0 Å². The lowest BCUT2D eigenvalue weighted by molar-refractivity contribution is -0.137. The van der Waals surface area contributed by atoms with Crippen LogP contribution < -0.4 is 5.32 Å². The molecule has 0 saturated carbocycles. The molecule has 2 aromatic rings. The van der Waals surface area contributed by atoms with E-state index in [4.69, 9.17) is 5.11 Å². The van der Waals surface area contributed by atoms with E-state index in [9.17, 15) is 9.59 Å². The minimum absolute atomic E-state index is 0.0427. The minimum Gasteiger partial charge on any atom is -0.481 e. The fourth-order valence-electron chi connectivity index (χ4n) is 1.82. The molecule has 1 aromatic carbocycles. The number of nitrogens with zero attached hydrogens (tertiary/aromatic N) is 1. The van der Waals surface area contributed by atoms with Gasteiger partial charge in [0.15, 0.2) is 0 Å². The largest absolute Gasteiger partial charge is 0.481 e. The smallest absolute Gasteiger partial charge is 0.303 e. The van der Waals surface area contributed by atoms with Crippen molar-refractivity contribution in [2.45, 2.75) is 13.3 Å². The van der Waals surface area contributed by atoms with E-state index in [1.165, 1.54) is 0 Å². The van der Waals surface area contributed by atoms with Gasteiger partial charge in [0.1, 0.15) is 0 Å².